The molecule has 8 heteroatoms. The molecule has 0 aliphatic rings. The van der Waals surface area contributed by atoms with Crippen molar-refractivity contribution in [2.75, 3.05) is 18.6 Å². The molecule has 0 aromatic carbocycles. The molecule has 82 valence electrons. The number of carboxylic acid groups (broad SMARTS) is 1. The second-order valence-electron chi connectivity index (χ2n) is 2.59. The van der Waals surface area contributed by atoms with Crippen molar-refractivity contribution < 1.29 is 28.0 Å². The van der Waals surface area contributed by atoms with Crippen LogP contribution in [0.25, 0.3) is 0 Å². The highest BCUT2D eigenvalue weighted by atomic mass is 32.2. The van der Waals surface area contributed by atoms with E-state index in [1.807, 2.05) is 0 Å². The van der Waals surface area contributed by atoms with Crippen LogP contribution >= 0.6 is 0 Å². The van der Waals surface area contributed by atoms with Gasteiger partial charge in [-0.1, -0.05) is 0 Å². The van der Waals surface area contributed by atoms with Gasteiger partial charge in [-0.3, -0.25) is 9.63 Å². The lowest BCUT2D eigenvalue weighted by Crippen LogP contribution is -2.28. The predicted octanol–water partition coefficient (Wildman–Crippen LogP) is -1.45. The number of amides is 1. The third kappa shape index (κ3) is 8.94. The molecule has 1 amide bonds. The molecule has 0 aromatic heterocycles. The first-order valence-electron chi connectivity index (χ1n) is 3.61. The molecular weight excluding hydrogens is 214 g/mol. The van der Waals surface area contributed by atoms with Crippen LogP contribution < -0.4 is 5.48 Å². The van der Waals surface area contributed by atoms with Gasteiger partial charge in [-0.05, 0) is 0 Å². The van der Waals surface area contributed by atoms with Gasteiger partial charge in [0.05, 0.1) is 5.75 Å². The minimum atomic E-state index is -3.19. The average Bonchev–Trinajstić information content (AvgIpc) is 1.99. The summed E-state index contributed by atoms with van der Waals surface area (Å²) in [5.41, 5.74) is 1.80. The molecule has 0 bridgehead atoms. The van der Waals surface area contributed by atoms with Gasteiger partial charge in [0.25, 0.3) is 0 Å². The van der Waals surface area contributed by atoms with Gasteiger partial charge in [-0.15, -0.1) is 0 Å². The summed E-state index contributed by atoms with van der Waals surface area (Å²) in [5.74, 6) is -2.19. The molecule has 14 heavy (non-hydrogen) atoms. The summed E-state index contributed by atoms with van der Waals surface area (Å²) in [7, 11) is -3.19. The van der Waals surface area contributed by atoms with Crippen molar-refractivity contribution in [2.24, 2.45) is 0 Å². The maximum Gasteiger partial charge on any atom is 0.332 e. The molecule has 0 unspecified atom stereocenters. The van der Waals surface area contributed by atoms with Crippen LogP contribution in [0.1, 0.15) is 6.42 Å². The van der Waals surface area contributed by atoms with E-state index in [0.29, 0.717) is 0 Å². The van der Waals surface area contributed by atoms with Crippen molar-refractivity contribution in [3.63, 3.8) is 0 Å². The van der Waals surface area contributed by atoms with Gasteiger partial charge < -0.3 is 5.11 Å². The fourth-order valence-electron chi connectivity index (χ4n) is 0.507. The maximum atomic E-state index is 10.8. The van der Waals surface area contributed by atoms with Crippen LogP contribution in [0.15, 0.2) is 0 Å². The molecule has 0 heterocycles. The fourth-order valence-corrected chi connectivity index (χ4v) is 1.06. The Bertz CT molecular complexity index is 308. The number of aliphatic carboxylic acids is 1. The average molecular weight is 225 g/mol. The summed E-state index contributed by atoms with van der Waals surface area (Å²) in [6, 6.07) is 0. The van der Waals surface area contributed by atoms with Crippen LogP contribution in [-0.2, 0) is 24.3 Å². The Kier molecular flexibility index (Phi) is 5.10. The third-order valence-electron chi connectivity index (χ3n) is 1.08. The highest BCUT2D eigenvalue weighted by Gasteiger charge is 2.08. The lowest BCUT2D eigenvalue weighted by atomic mass is 10.5. The lowest BCUT2D eigenvalue weighted by Gasteiger charge is -2.02. The lowest BCUT2D eigenvalue weighted by molar-refractivity contribution is -0.149. The SMILES string of the molecule is CS(=O)(=O)CCC(=O)NOCC(=O)O. The summed E-state index contributed by atoms with van der Waals surface area (Å²) in [5, 5.41) is 8.11. The highest BCUT2D eigenvalue weighted by Crippen LogP contribution is 1.88. The third-order valence-corrected chi connectivity index (χ3v) is 2.03. The Morgan fingerprint density at radius 3 is 2.43 bits per heavy atom. The number of rotatable bonds is 6. The van der Waals surface area contributed by atoms with E-state index in [0.717, 1.165) is 6.26 Å². The number of hydrogen-bond donors (Lipinski definition) is 2. The topological polar surface area (TPSA) is 110 Å². The number of hydroxylamine groups is 1. The molecule has 0 atom stereocenters. The van der Waals surface area contributed by atoms with Crippen LogP contribution in [-0.4, -0.2) is 44.0 Å². The smallest absolute Gasteiger partial charge is 0.332 e. The minimum absolute atomic E-state index is 0.252. The van der Waals surface area contributed by atoms with E-state index in [9.17, 15) is 18.0 Å². The molecule has 2 N–H and O–H groups in total. The van der Waals surface area contributed by atoms with Crippen molar-refractivity contribution in [3.8, 4) is 0 Å². The van der Waals surface area contributed by atoms with Gasteiger partial charge in [0, 0.05) is 12.7 Å². The fraction of sp³-hybridized carbons (Fsp3) is 0.667. The van der Waals surface area contributed by atoms with E-state index in [-0.39, 0.29) is 12.2 Å². The van der Waals surface area contributed by atoms with Crippen molar-refractivity contribution in [3.05, 3.63) is 0 Å². The van der Waals surface area contributed by atoms with E-state index in [2.05, 4.69) is 4.84 Å². The van der Waals surface area contributed by atoms with E-state index < -0.39 is 28.3 Å². The Balaban J connectivity index is 3.62. The first-order valence-corrected chi connectivity index (χ1v) is 5.67. The summed E-state index contributed by atoms with van der Waals surface area (Å²) in [6.45, 7) is -0.662. The molecule has 0 fully saturated rings. The number of carbonyl (C=O) groups excluding carboxylic acids is 1. The van der Waals surface area contributed by atoms with E-state index in [1.54, 1.807) is 5.48 Å². The molecule has 0 saturated carbocycles. The summed E-state index contributed by atoms with van der Waals surface area (Å²) in [6.07, 6.45) is 0.747. The summed E-state index contributed by atoms with van der Waals surface area (Å²) < 4.78 is 21.2. The van der Waals surface area contributed by atoms with Gasteiger partial charge in [0.2, 0.25) is 5.91 Å². The Morgan fingerprint density at radius 1 is 1.43 bits per heavy atom. The standard InChI is InChI=1S/C6H11NO6S/c1-14(11,12)3-2-5(8)7-13-4-6(9)10/h2-4H2,1H3,(H,7,8)(H,9,10). The van der Waals surface area contributed by atoms with Crippen molar-refractivity contribution in [1.29, 1.82) is 0 Å². The second-order valence-corrected chi connectivity index (χ2v) is 4.85. The van der Waals surface area contributed by atoms with E-state index in [1.165, 1.54) is 0 Å². The molecule has 0 aliphatic carbocycles. The van der Waals surface area contributed by atoms with Crippen LogP contribution in [0, 0.1) is 0 Å². The largest absolute Gasteiger partial charge is 0.479 e. The number of nitrogens with one attached hydrogen (secondary N) is 1. The van der Waals surface area contributed by atoms with E-state index in [4.69, 9.17) is 5.11 Å². The zero-order valence-electron chi connectivity index (χ0n) is 7.52. The van der Waals surface area contributed by atoms with Crippen LogP contribution in [0.2, 0.25) is 0 Å². The molecule has 0 saturated heterocycles. The number of hydrogen-bond acceptors (Lipinski definition) is 5. The second kappa shape index (κ2) is 5.55. The van der Waals surface area contributed by atoms with Gasteiger partial charge >= 0.3 is 5.97 Å². The molecule has 0 radical (unpaired) electrons. The van der Waals surface area contributed by atoms with Gasteiger partial charge in [-0.25, -0.2) is 18.7 Å². The van der Waals surface area contributed by atoms with Gasteiger partial charge in [-0.2, -0.15) is 0 Å². The number of sulfone groups is 1. The minimum Gasteiger partial charge on any atom is -0.479 e. The first-order chi connectivity index (χ1) is 6.31. The van der Waals surface area contributed by atoms with Crippen molar-refractivity contribution in [1.82, 2.24) is 5.48 Å². The molecule has 7 nitrogen and oxygen atoms in total. The monoisotopic (exact) mass is 225 g/mol. The molecule has 0 rings (SSSR count). The highest BCUT2D eigenvalue weighted by molar-refractivity contribution is 7.90. The van der Waals surface area contributed by atoms with Gasteiger partial charge in [0.1, 0.15) is 9.84 Å². The Hall–Kier alpha value is -1.15. The quantitative estimate of drug-likeness (QED) is 0.535. The van der Waals surface area contributed by atoms with Crippen LogP contribution in [0.4, 0.5) is 0 Å². The summed E-state index contributed by atoms with van der Waals surface area (Å²) >= 11 is 0. The zero-order valence-corrected chi connectivity index (χ0v) is 8.33. The van der Waals surface area contributed by atoms with E-state index >= 15 is 0 Å². The normalized spacial score (nSPS) is 10.9. The molecule has 0 aliphatic heterocycles. The number of carbonyl (C=O) groups is 2. The van der Waals surface area contributed by atoms with Crippen LogP contribution in [0.3, 0.4) is 0 Å². The van der Waals surface area contributed by atoms with Crippen LogP contribution in [0.5, 0.6) is 0 Å². The Morgan fingerprint density at radius 2 is 2.00 bits per heavy atom. The predicted molar refractivity (Wildman–Crippen MR) is 46.1 cm³/mol. The first kappa shape index (κ1) is 12.8. The van der Waals surface area contributed by atoms with Gasteiger partial charge in [0.15, 0.2) is 6.61 Å². The van der Waals surface area contributed by atoms with Crippen molar-refractivity contribution >= 4 is 21.7 Å². The molecule has 0 aromatic rings. The maximum absolute atomic E-state index is 10.8. The number of carboxylic acids is 1. The zero-order chi connectivity index (χ0) is 11.2. The summed E-state index contributed by atoms with van der Waals surface area (Å²) in [4.78, 5) is 24.9. The van der Waals surface area contributed by atoms with Crippen molar-refractivity contribution in [2.45, 2.75) is 6.42 Å². The molecular formula is C6H11NO6S. The Labute approximate surface area is 80.9 Å². The molecule has 0 spiro atoms.